The number of allylic oxidation sites excluding steroid dienone is 1. The second kappa shape index (κ2) is 5.01. The molecule has 4 atom stereocenters. The van der Waals surface area contributed by atoms with Crippen molar-refractivity contribution in [1.82, 2.24) is 0 Å². The van der Waals surface area contributed by atoms with Crippen LogP contribution in [0.4, 0.5) is 0 Å². The Hall–Kier alpha value is -1.03. The van der Waals surface area contributed by atoms with Gasteiger partial charge in [0.1, 0.15) is 5.60 Å². The number of ether oxygens (including phenoxy) is 2. The molecule has 0 saturated heterocycles. The van der Waals surface area contributed by atoms with E-state index in [1.54, 1.807) is 0 Å². The van der Waals surface area contributed by atoms with E-state index in [0.717, 1.165) is 6.42 Å². The molecule has 0 amide bonds. The highest BCUT2D eigenvalue weighted by atomic mass is 16.5. The van der Waals surface area contributed by atoms with Crippen molar-refractivity contribution in [3.63, 3.8) is 0 Å². The fraction of sp³-hybridized carbons (Fsp3) is 0.824. The van der Waals surface area contributed by atoms with Gasteiger partial charge >= 0.3 is 0 Å². The van der Waals surface area contributed by atoms with Crippen molar-refractivity contribution in [2.45, 2.75) is 72.7 Å². The van der Waals surface area contributed by atoms with Crippen LogP contribution in [-0.4, -0.2) is 28.7 Å². The predicted molar refractivity (Wildman–Crippen MR) is 80.5 cm³/mol. The molecule has 2 rings (SSSR count). The first kappa shape index (κ1) is 16.3. The Morgan fingerprint density at radius 3 is 2.10 bits per heavy atom. The second-order valence-corrected chi connectivity index (χ2v) is 7.33. The van der Waals surface area contributed by atoms with E-state index in [9.17, 15) is 9.90 Å². The molecule has 0 aromatic rings. The average Bonchev–Trinajstić information content (AvgIpc) is 2.63. The van der Waals surface area contributed by atoms with Crippen LogP contribution >= 0.6 is 0 Å². The van der Waals surface area contributed by atoms with E-state index in [-0.39, 0.29) is 35.6 Å². The second-order valence-electron chi connectivity index (χ2n) is 7.33. The van der Waals surface area contributed by atoms with Crippen LogP contribution in [0.15, 0.2) is 11.5 Å². The minimum Gasteiger partial charge on any atom is -0.488 e. The molecule has 0 unspecified atom stereocenters. The number of carbonyl (C=O) groups is 1. The Balaban J connectivity index is 2.60. The van der Waals surface area contributed by atoms with Gasteiger partial charge in [-0.15, -0.1) is 0 Å². The summed E-state index contributed by atoms with van der Waals surface area (Å²) >= 11 is 0. The number of ketones is 1. The highest BCUT2D eigenvalue weighted by Crippen LogP contribution is 2.62. The number of fused-ring (bicyclic) bond motifs is 1. The van der Waals surface area contributed by atoms with Crippen LogP contribution in [-0.2, 0) is 14.3 Å². The standard InChI is InChI=1S/C17H28O4/c1-9(2)20-13-14(18)16(7)11(5)8-12(6)17(16,19)15(13)21-10(3)4/h9-12,19H,8H2,1-7H3/t11-,12-,16-,17-/m0/s1. The summed E-state index contributed by atoms with van der Waals surface area (Å²) < 4.78 is 11.6. The molecular formula is C17H28O4. The van der Waals surface area contributed by atoms with Crippen LogP contribution in [0.2, 0.25) is 0 Å². The Morgan fingerprint density at radius 2 is 1.62 bits per heavy atom. The first-order chi connectivity index (χ1) is 9.56. The van der Waals surface area contributed by atoms with E-state index in [1.807, 2.05) is 48.5 Å². The maximum atomic E-state index is 13.0. The maximum Gasteiger partial charge on any atom is 0.210 e. The fourth-order valence-electron chi connectivity index (χ4n) is 3.91. The van der Waals surface area contributed by atoms with Gasteiger partial charge in [-0.25, -0.2) is 0 Å². The fourth-order valence-corrected chi connectivity index (χ4v) is 3.91. The smallest absolute Gasteiger partial charge is 0.210 e. The molecule has 0 spiro atoms. The molecule has 21 heavy (non-hydrogen) atoms. The van der Waals surface area contributed by atoms with Crippen molar-refractivity contribution in [1.29, 1.82) is 0 Å². The molecule has 0 aromatic carbocycles. The molecule has 0 bridgehead atoms. The van der Waals surface area contributed by atoms with Gasteiger partial charge in [0.05, 0.1) is 17.6 Å². The van der Waals surface area contributed by atoms with Gasteiger partial charge < -0.3 is 14.6 Å². The number of Topliss-reactive ketones (excluding diaryl/α,β-unsaturated/α-hetero) is 1. The van der Waals surface area contributed by atoms with Gasteiger partial charge in [-0.05, 0) is 52.9 Å². The topological polar surface area (TPSA) is 55.8 Å². The Morgan fingerprint density at radius 1 is 1.10 bits per heavy atom. The van der Waals surface area contributed by atoms with Gasteiger partial charge in [0.15, 0.2) is 5.76 Å². The Kier molecular flexibility index (Phi) is 3.90. The number of carbonyl (C=O) groups excluding carboxylic acids is 1. The van der Waals surface area contributed by atoms with Gasteiger partial charge in [0.2, 0.25) is 11.5 Å². The molecule has 2 aliphatic carbocycles. The van der Waals surface area contributed by atoms with E-state index in [4.69, 9.17) is 9.47 Å². The SMILES string of the molecule is CC(C)OC1=C(OC(C)C)[C@@]2(O)[C@@H](C)C[C@H](C)[C@@]2(C)C1=O. The minimum atomic E-state index is -1.27. The van der Waals surface area contributed by atoms with E-state index in [2.05, 4.69) is 0 Å². The molecule has 4 heteroatoms. The summed E-state index contributed by atoms with van der Waals surface area (Å²) in [4.78, 5) is 13.0. The first-order valence-electron chi connectivity index (χ1n) is 7.92. The number of hydrogen-bond acceptors (Lipinski definition) is 4. The maximum absolute atomic E-state index is 13.0. The van der Waals surface area contributed by atoms with E-state index in [0.29, 0.717) is 5.76 Å². The molecule has 1 fully saturated rings. The summed E-state index contributed by atoms with van der Waals surface area (Å²) in [7, 11) is 0. The third kappa shape index (κ3) is 2.02. The van der Waals surface area contributed by atoms with Crippen molar-refractivity contribution in [3.8, 4) is 0 Å². The molecule has 1 saturated carbocycles. The summed E-state index contributed by atoms with van der Waals surface area (Å²) in [6.07, 6.45) is 0.554. The largest absolute Gasteiger partial charge is 0.488 e. The lowest BCUT2D eigenvalue weighted by Gasteiger charge is -2.38. The lowest BCUT2D eigenvalue weighted by atomic mass is 9.70. The monoisotopic (exact) mass is 296 g/mol. The normalized spacial score (nSPS) is 39.4. The van der Waals surface area contributed by atoms with Crippen LogP contribution in [0.25, 0.3) is 0 Å². The van der Waals surface area contributed by atoms with Gasteiger partial charge in [0.25, 0.3) is 0 Å². The van der Waals surface area contributed by atoms with E-state index < -0.39 is 11.0 Å². The van der Waals surface area contributed by atoms with Crippen molar-refractivity contribution in [3.05, 3.63) is 11.5 Å². The van der Waals surface area contributed by atoms with Crippen molar-refractivity contribution in [2.75, 3.05) is 0 Å². The van der Waals surface area contributed by atoms with Gasteiger partial charge in [-0.3, -0.25) is 4.79 Å². The molecule has 0 aromatic heterocycles. The molecule has 1 N–H and O–H groups in total. The lowest BCUT2D eigenvalue weighted by Crippen LogP contribution is -2.49. The zero-order valence-electron chi connectivity index (χ0n) is 14.2. The van der Waals surface area contributed by atoms with Crippen molar-refractivity contribution < 1.29 is 19.4 Å². The number of aliphatic hydroxyl groups is 1. The van der Waals surface area contributed by atoms with Gasteiger partial charge in [-0.2, -0.15) is 0 Å². The van der Waals surface area contributed by atoms with Gasteiger partial charge in [0, 0.05) is 0 Å². The Bertz CT molecular complexity index is 479. The molecule has 120 valence electrons. The van der Waals surface area contributed by atoms with Crippen LogP contribution in [0.3, 0.4) is 0 Å². The highest BCUT2D eigenvalue weighted by molar-refractivity contribution is 6.04. The van der Waals surface area contributed by atoms with Crippen LogP contribution < -0.4 is 0 Å². The average molecular weight is 296 g/mol. The Labute approximate surface area is 127 Å². The number of rotatable bonds is 4. The summed E-state index contributed by atoms with van der Waals surface area (Å²) in [5.74, 6) is 0.497. The molecular weight excluding hydrogens is 268 g/mol. The lowest BCUT2D eigenvalue weighted by molar-refractivity contribution is -0.141. The molecule has 0 radical (unpaired) electrons. The first-order valence-corrected chi connectivity index (χ1v) is 7.92. The van der Waals surface area contributed by atoms with Crippen LogP contribution in [0, 0.1) is 17.3 Å². The third-order valence-corrected chi connectivity index (χ3v) is 5.14. The number of hydrogen-bond donors (Lipinski definition) is 1. The third-order valence-electron chi connectivity index (χ3n) is 5.14. The van der Waals surface area contributed by atoms with Crippen LogP contribution in [0.1, 0.15) is 54.9 Å². The zero-order chi connectivity index (χ0) is 16.2. The molecule has 0 aliphatic heterocycles. The summed E-state index contributed by atoms with van der Waals surface area (Å²) in [6.45, 7) is 13.4. The van der Waals surface area contributed by atoms with Crippen molar-refractivity contribution in [2.24, 2.45) is 17.3 Å². The summed E-state index contributed by atoms with van der Waals surface area (Å²) in [5, 5.41) is 11.4. The molecule has 0 heterocycles. The minimum absolute atomic E-state index is 0.0385. The zero-order valence-corrected chi connectivity index (χ0v) is 14.2. The predicted octanol–water partition coefficient (Wildman–Crippen LogP) is 3.04. The van der Waals surface area contributed by atoms with Gasteiger partial charge in [-0.1, -0.05) is 13.8 Å². The summed E-state index contributed by atoms with van der Waals surface area (Å²) in [5.41, 5.74) is -2.13. The van der Waals surface area contributed by atoms with E-state index in [1.165, 1.54) is 0 Å². The highest BCUT2D eigenvalue weighted by Gasteiger charge is 2.71. The molecule has 2 aliphatic rings. The summed E-state index contributed by atoms with van der Waals surface area (Å²) in [6, 6.07) is 0. The van der Waals surface area contributed by atoms with Crippen LogP contribution in [0.5, 0.6) is 0 Å². The van der Waals surface area contributed by atoms with E-state index >= 15 is 0 Å². The quantitative estimate of drug-likeness (QED) is 0.866. The van der Waals surface area contributed by atoms with Crippen molar-refractivity contribution >= 4 is 5.78 Å². The molecule has 4 nitrogen and oxygen atoms in total.